The smallest absolute Gasteiger partial charge is 0.315 e. The predicted molar refractivity (Wildman–Crippen MR) is 70.5 cm³/mol. The van der Waals surface area contributed by atoms with Gasteiger partial charge in [0.25, 0.3) is 0 Å². The Morgan fingerprint density at radius 1 is 1.58 bits per heavy atom. The molecule has 2 rings (SSSR count). The van der Waals surface area contributed by atoms with Crippen LogP contribution in [-0.4, -0.2) is 48.3 Å². The molecule has 2 amide bonds. The zero-order chi connectivity index (χ0) is 13.9. The third-order valence-corrected chi connectivity index (χ3v) is 4.79. The minimum absolute atomic E-state index is 0.0447. The minimum atomic E-state index is -2.96. The molecule has 7 nitrogen and oxygen atoms in total. The Balaban J connectivity index is 1.68. The standard InChI is InChI=1S/C11H18N4O3S/c1-15-7-9(6-13-15)2-4-12-11(16)14-10-3-5-19(17,18)8-10/h6-7,10H,2-5,8H2,1H3,(H2,12,14,16)/t10-/m1/s1. The summed E-state index contributed by atoms with van der Waals surface area (Å²) in [6.45, 7) is 0.497. The summed E-state index contributed by atoms with van der Waals surface area (Å²) < 4.78 is 24.2. The van der Waals surface area contributed by atoms with Gasteiger partial charge in [-0.25, -0.2) is 13.2 Å². The lowest BCUT2D eigenvalue weighted by Gasteiger charge is -2.11. The molecule has 2 heterocycles. The van der Waals surface area contributed by atoms with Gasteiger partial charge in [0.05, 0.1) is 17.7 Å². The molecule has 106 valence electrons. The fourth-order valence-electron chi connectivity index (χ4n) is 2.07. The van der Waals surface area contributed by atoms with E-state index in [1.165, 1.54) is 0 Å². The van der Waals surface area contributed by atoms with Crippen molar-refractivity contribution in [1.82, 2.24) is 20.4 Å². The Morgan fingerprint density at radius 3 is 2.95 bits per heavy atom. The molecule has 2 N–H and O–H groups in total. The molecule has 1 aromatic heterocycles. The van der Waals surface area contributed by atoms with Crippen molar-refractivity contribution in [2.75, 3.05) is 18.1 Å². The van der Waals surface area contributed by atoms with E-state index in [1.807, 2.05) is 13.2 Å². The van der Waals surface area contributed by atoms with Crippen molar-refractivity contribution in [1.29, 1.82) is 0 Å². The Bertz CT molecular complexity index is 552. The van der Waals surface area contributed by atoms with E-state index in [1.54, 1.807) is 10.9 Å². The maximum absolute atomic E-state index is 11.6. The topological polar surface area (TPSA) is 93.1 Å². The average Bonchev–Trinajstić information content (AvgIpc) is 2.85. The van der Waals surface area contributed by atoms with Gasteiger partial charge in [-0.1, -0.05) is 0 Å². The van der Waals surface area contributed by atoms with E-state index in [0.29, 0.717) is 19.4 Å². The van der Waals surface area contributed by atoms with Gasteiger partial charge in [0.1, 0.15) is 0 Å². The predicted octanol–water partition coefficient (Wildman–Crippen LogP) is -0.551. The minimum Gasteiger partial charge on any atom is -0.338 e. The zero-order valence-electron chi connectivity index (χ0n) is 10.8. The molecule has 8 heteroatoms. The molecule has 1 fully saturated rings. The van der Waals surface area contributed by atoms with Gasteiger partial charge in [-0.2, -0.15) is 5.10 Å². The van der Waals surface area contributed by atoms with Crippen molar-refractivity contribution in [3.63, 3.8) is 0 Å². The third kappa shape index (κ3) is 4.23. The van der Waals surface area contributed by atoms with Gasteiger partial charge in [0.2, 0.25) is 0 Å². The number of sulfone groups is 1. The molecule has 0 aliphatic carbocycles. The lowest BCUT2D eigenvalue weighted by molar-refractivity contribution is 0.238. The van der Waals surface area contributed by atoms with E-state index in [-0.39, 0.29) is 23.6 Å². The first-order valence-corrected chi connectivity index (χ1v) is 7.99. The number of carbonyl (C=O) groups excluding carboxylic acids is 1. The van der Waals surface area contributed by atoms with Crippen LogP contribution in [-0.2, 0) is 23.3 Å². The van der Waals surface area contributed by atoms with E-state index >= 15 is 0 Å². The summed E-state index contributed by atoms with van der Waals surface area (Å²) in [4.78, 5) is 11.6. The molecule has 0 spiro atoms. The first-order valence-electron chi connectivity index (χ1n) is 6.17. The second-order valence-electron chi connectivity index (χ2n) is 4.77. The summed E-state index contributed by atoms with van der Waals surface area (Å²) in [6, 6.07) is -0.575. The molecule has 0 saturated carbocycles. The lowest BCUT2D eigenvalue weighted by atomic mass is 10.2. The number of nitrogens with zero attached hydrogens (tertiary/aromatic N) is 2. The molecule has 1 saturated heterocycles. The van der Waals surface area contributed by atoms with Crippen molar-refractivity contribution >= 4 is 15.9 Å². The highest BCUT2D eigenvalue weighted by Crippen LogP contribution is 2.10. The molecule has 1 aliphatic heterocycles. The van der Waals surface area contributed by atoms with Crippen LogP contribution in [0.5, 0.6) is 0 Å². The lowest BCUT2D eigenvalue weighted by Crippen LogP contribution is -2.43. The molecule has 0 radical (unpaired) electrons. The van der Waals surface area contributed by atoms with Crippen LogP contribution in [0.15, 0.2) is 12.4 Å². The SMILES string of the molecule is Cn1cc(CCNC(=O)N[C@@H]2CCS(=O)(=O)C2)cn1. The Morgan fingerprint density at radius 2 is 2.37 bits per heavy atom. The van der Waals surface area contributed by atoms with Gasteiger partial charge in [-0.3, -0.25) is 4.68 Å². The molecule has 1 atom stereocenters. The molecule has 0 bridgehead atoms. The quantitative estimate of drug-likeness (QED) is 0.776. The zero-order valence-corrected chi connectivity index (χ0v) is 11.6. The molecule has 19 heavy (non-hydrogen) atoms. The van der Waals surface area contributed by atoms with E-state index in [9.17, 15) is 13.2 Å². The number of aryl methyl sites for hydroxylation is 1. The summed E-state index contributed by atoms with van der Waals surface area (Å²) in [6.07, 6.45) is 4.84. The van der Waals surface area contributed by atoms with Crippen LogP contribution in [0, 0.1) is 0 Å². The highest BCUT2D eigenvalue weighted by atomic mass is 32.2. The Kier molecular flexibility index (Phi) is 4.08. The fraction of sp³-hybridized carbons (Fsp3) is 0.636. The van der Waals surface area contributed by atoms with E-state index in [2.05, 4.69) is 15.7 Å². The highest BCUT2D eigenvalue weighted by molar-refractivity contribution is 7.91. The summed E-state index contributed by atoms with van der Waals surface area (Å²) in [5, 5.41) is 9.42. The second-order valence-corrected chi connectivity index (χ2v) is 7.00. The number of urea groups is 1. The average molecular weight is 286 g/mol. The Labute approximate surface area is 112 Å². The van der Waals surface area contributed by atoms with Gasteiger partial charge in [0.15, 0.2) is 9.84 Å². The number of aromatic nitrogens is 2. The molecule has 1 aliphatic rings. The normalized spacial score (nSPS) is 21.2. The number of nitrogens with one attached hydrogen (secondary N) is 2. The summed E-state index contributed by atoms with van der Waals surface area (Å²) in [7, 11) is -1.12. The number of hydrogen-bond acceptors (Lipinski definition) is 4. The number of carbonyl (C=O) groups is 1. The maximum Gasteiger partial charge on any atom is 0.315 e. The third-order valence-electron chi connectivity index (χ3n) is 3.03. The summed E-state index contributed by atoms with van der Waals surface area (Å²) in [5.41, 5.74) is 1.05. The van der Waals surface area contributed by atoms with E-state index < -0.39 is 9.84 Å². The van der Waals surface area contributed by atoms with Crippen molar-refractivity contribution in [2.24, 2.45) is 7.05 Å². The summed E-state index contributed by atoms with van der Waals surface area (Å²) >= 11 is 0. The van der Waals surface area contributed by atoms with Gasteiger partial charge >= 0.3 is 6.03 Å². The van der Waals surface area contributed by atoms with Gasteiger partial charge < -0.3 is 10.6 Å². The molecule has 1 aromatic rings. The van der Waals surface area contributed by atoms with Gasteiger partial charge in [0, 0.05) is 25.8 Å². The number of amides is 2. The fourth-order valence-corrected chi connectivity index (χ4v) is 3.74. The van der Waals surface area contributed by atoms with Crippen LogP contribution in [0.1, 0.15) is 12.0 Å². The van der Waals surface area contributed by atoms with Gasteiger partial charge in [-0.15, -0.1) is 0 Å². The van der Waals surface area contributed by atoms with Crippen LogP contribution in [0.25, 0.3) is 0 Å². The molecular weight excluding hydrogens is 268 g/mol. The van der Waals surface area contributed by atoms with Crippen molar-refractivity contribution in [2.45, 2.75) is 18.9 Å². The first-order chi connectivity index (χ1) is 8.94. The maximum atomic E-state index is 11.6. The van der Waals surface area contributed by atoms with Crippen LogP contribution < -0.4 is 10.6 Å². The van der Waals surface area contributed by atoms with Crippen LogP contribution in [0.2, 0.25) is 0 Å². The molecule has 0 aromatic carbocycles. The van der Waals surface area contributed by atoms with E-state index in [0.717, 1.165) is 5.56 Å². The van der Waals surface area contributed by atoms with Crippen molar-refractivity contribution < 1.29 is 13.2 Å². The second kappa shape index (κ2) is 5.60. The molecular formula is C11H18N4O3S. The van der Waals surface area contributed by atoms with Crippen LogP contribution in [0.3, 0.4) is 0 Å². The number of hydrogen-bond donors (Lipinski definition) is 2. The Hall–Kier alpha value is -1.57. The van der Waals surface area contributed by atoms with Gasteiger partial charge in [-0.05, 0) is 18.4 Å². The van der Waals surface area contributed by atoms with E-state index in [4.69, 9.17) is 0 Å². The van der Waals surface area contributed by atoms with Crippen LogP contribution in [0.4, 0.5) is 4.79 Å². The van der Waals surface area contributed by atoms with Crippen LogP contribution >= 0.6 is 0 Å². The first kappa shape index (κ1) is 13.9. The molecule has 0 unspecified atom stereocenters. The summed E-state index contributed by atoms with van der Waals surface area (Å²) in [5.74, 6) is 0.205. The largest absolute Gasteiger partial charge is 0.338 e. The monoisotopic (exact) mass is 286 g/mol. The highest BCUT2D eigenvalue weighted by Gasteiger charge is 2.28. The number of rotatable bonds is 4. The van der Waals surface area contributed by atoms with Crippen molar-refractivity contribution in [3.8, 4) is 0 Å². The van der Waals surface area contributed by atoms with Crippen molar-refractivity contribution in [3.05, 3.63) is 18.0 Å².